The van der Waals surface area contributed by atoms with E-state index in [1.54, 1.807) is 17.9 Å². The molecule has 2 aromatic rings. The maximum atomic E-state index is 13.0. The molecule has 0 radical (unpaired) electrons. The molecule has 0 unspecified atom stereocenters. The molecule has 0 fully saturated rings. The number of ether oxygens (including phenoxy) is 1. The molecule has 132 valence electrons. The second-order valence-electron chi connectivity index (χ2n) is 6.41. The summed E-state index contributed by atoms with van der Waals surface area (Å²) in [6.45, 7) is 6.08. The Morgan fingerprint density at radius 1 is 1.40 bits per heavy atom. The van der Waals surface area contributed by atoms with Crippen LogP contribution in [0.3, 0.4) is 0 Å². The molecular weight excluding hydrogens is 320 g/mol. The number of carbonyl (C=O) groups is 1. The molecule has 0 aliphatic carbocycles. The normalized spacial score (nSPS) is 16.4. The van der Waals surface area contributed by atoms with Crippen LogP contribution in [0.1, 0.15) is 33.2 Å². The first-order valence-electron chi connectivity index (χ1n) is 8.21. The van der Waals surface area contributed by atoms with E-state index in [0.29, 0.717) is 28.9 Å². The number of carbonyl (C=O) groups excluding carboxylic acids is 1. The summed E-state index contributed by atoms with van der Waals surface area (Å²) in [4.78, 5) is 13.0. The SMILES string of the molecule is COc1ccccc1NC(=O)C1=C(C)Nc2nnnn2[C@H]1CC(C)C. The van der Waals surface area contributed by atoms with Crippen LogP contribution in [-0.2, 0) is 4.79 Å². The number of allylic oxidation sites excluding steroid dienone is 1. The van der Waals surface area contributed by atoms with Crippen molar-refractivity contribution in [2.24, 2.45) is 5.92 Å². The highest BCUT2D eigenvalue weighted by molar-refractivity contribution is 6.06. The lowest BCUT2D eigenvalue weighted by molar-refractivity contribution is -0.113. The topological polar surface area (TPSA) is 94.0 Å². The van der Waals surface area contributed by atoms with E-state index < -0.39 is 0 Å². The van der Waals surface area contributed by atoms with Gasteiger partial charge in [-0.1, -0.05) is 31.1 Å². The quantitative estimate of drug-likeness (QED) is 0.867. The van der Waals surface area contributed by atoms with Gasteiger partial charge < -0.3 is 15.4 Å². The van der Waals surface area contributed by atoms with Crippen molar-refractivity contribution < 1.29 is 9.53 Å². The van der Waals surface area contributed by atoms with Crippen LogP contribution in [0.5, 0.6) is 5.75 Å². The zero-order chi connectivity index (χ0) is 18.0. The number of amides is 1. The molecule has 25 heavy (non-hydrogen) atoms. The van der Waals surface area contributed by atoms with Crippen molar-refractivity contribution in [2.45, 2.75) is 33.2 Å². The van der Waals surface area contributed by atoms with Gasteiger partial charge >= 0.3 is 0 Å². The molecule has 2 heterocycles. The average molecular weight is 342 g/mol. The summed E-state index contributed by atoms with van der Waals surface area (Å²) < 4.78 is 6.98. The van der Waals surface area contributed by atoms with Crippen LogP contribution in [0, 0.1) is 5.92 Å². The smallest absolute Gasteiger partial charge is 0.255 e. The van der Waals surface area contributed by atoms with Gasteiger partial charge in [-0.25, -0.2) is 4.68 Å². The number of methoxy groups -OCH3 is 1. The van der Waals surface area contributed by atoms with Gasteiger partial charge in [-0.15, -0.1) is 0 Å². The Bertz CT molecular complexity index is 811. The van der Waals surface area contributed by atoms with Crippen LogP contribution in [0.15, 0.2) is 35.5 Å². The monoisotopic (exact) mass is 342 g/mol. The van der Waals surface area contributed by atoms with Gasteiger partial charge in [0.25, 0.3) is 5.91 Å². The van der Waals surface area contributed by atoms with Crippen molar-refractivity contribution in [3.8, 4) is 5.75 Å². The van der Waals surface area contributed by atoms with Crippen LogP contribution >= 0.6 is 0 Å². The van der Waals surface area contributed by atoms with E-state index in [2.05, 4.69) is 40.0 Å². The fraction of sp³-hybridized carbons (Fsp3) is 0.412. The highest BCUT2D eigenvalue weighted by Gasteiger charge is 2.33. The molecular formula is C17H22N6O2. The molecule has 0 spiro atoms. The first-order chi connectivity index (χ1) is 12.0. The molecule has 0 bridgehead atoms. The van der Waals surface area contributed by atoms with Gasteiger partial charge in [-0.3, -0.25) is 4.79 Å². The molecule has 0 saturated heterocycles. The molecule has 1 aliphatic rings. The number of fused-ring (bicyclic) bond motifs is 1. The lowest BCUT2D eigenvalue weighted by Crippen LogP contribution is -2.31. The van der Waals surface area contributed by atoms with Crippen LogP contribution < -0.4 is 15.4 Å². The number of nitrogens with zero attached hydrogens (tertiary/aromatic N) is 4. The van der Waals surface area contributed by atoms with E-state index in [-0.39, 0.29) is 11.9 Å². The molecule has 1 amide bonds. The Labute approximate surface area is 146 Å². The standard InChI is InChI=1S/C17H22N6O2/c1-10(2)9-13-15(11(3)18-17-20-21-22-23(13)17)16(24)19-12-7-5-6-8-14(12)25-4/h5-8,10,13H,9H2,1-4H3,(H,19,24)(H,18,20,22)/t13-/m0/s1. The van der Waals surface area contributed by atoms with Crippen molar-refractivity contribution in [1.29, 1.82) is 0 Å². The molecule has 8 heteroatoms. The lowest BCUT2D eigenvalue weighted by Gasteiger charge is -2.28. The Kier molecular flexibility index (Phi) is 4.69. The van der Waals surface area contributed by atoms with Crippen LogP contribution in [-0.4, -0.2) is 33.2 Å². The number of benzene rings is 1. The molecule has 1 aromatic heterocycles. The summed E-state index contributed by atoms with van der Waals surface area (Å²) >= 11 is 0. The van der Waals surface area contributed by atoms with Crippen molar-refractivity contribution in [1.82, 2.24) is 20.2 Å². The number of anilines is 2. The Balaban J connectivity index is 1.93. The van der Waals surface area contributed by atoms with E-state index in [4.69, 9.17) is 4.74 Å². The predicted octanol–water partition coefficient (Wildman–Crippen LogP) is 2.61. The second kappa shape index (κ2) is 6.92. The number of nitrogens with one attached hydrogen (secondary N) is 2. The maximum Gasteiger partial charge on any atom is 0.255 e. The average Bonchev–Trinajstić information content (AvgIpc) is 3.03. The molecule has 1 atom stereocenters. The minimum Gasteiger partial charge on any atom is -0.495 e. The fourth-order valence-corrected chi connectivity index (χ4v) is 3.02. The van der Waals surface area contributed by atoms with Crippen molar-refractivity contribution >= 4 is 17.5 Å². The van der Waals surface area contributed by atoms with Gasteiger partial charge in [0, 0.05) is 5.70 Å². The second-order valence-corrected chi connectivity index (χ2v) is 6.41. The Morgan fingerprint density at radius 3 is 2.88 bits per heavy atom. The number of aromatic nitrogens is 4. The van der Waals surface area contributed by atoms with Crippen molar-refractivity contribution in [2.75, 3.05) is 17.7 Å². The summed E-state index contributed by atoms with van der Waals surface area (Å²) in [6, 6.07) is 7.10. The number of hydrogen-bond donors (Lipinski definition) is 2. The molecule has 3 rings (SSSR count). The maximum absolute atomic E-state index is 13.0. The van der Waals surface area contributed by atoms with E-state index in [0.717, 1.165) is 12.1 Å². The zero-order valence-electron chi connectivity index (χ0n) is 14.8. The van der Waals surface area contributed by atoms with Gasteiger partial charge in [-0.05, 0) is 41.8 Å². The number of para-hydroxylation sites is 2. The van der Waals surface area contributed by atoms with Gasteiger partial charge in [0.2, 0.25) is 5.95 Å². The summed E-state index contributed by atoms with van der Waals surface area (Å²) in [5.41, 5.74) is 2.00. The molecule has 8 nitrogen and oxygen atoms in total. The molecule has 2 N–H and O–H groups in total. The third kappa shape index (κ3) is 3.33. The summed E-state index contributed by atoms with van der Waals surface area (Å²) in [5.74, 6) is 1.35. The van der Waals surface area contributed by atoms with E-state index in [9.17, 15) is 4.79 Å². The van der Waals surface area contributed by atoms with E-state index in [1.807, 2.05) is 25.1 Å². The minimum atomic E-state index is -0.221. The summed E-state index contributed by atoms with van der Waals surface area (Å²) in [7, 11) is 1.58. The lowest BCUT2D eigenvalue weighted by atomic mass is 9.94. The fourth-order valence-electron chi connectivity index (χ4n) is 3.02. The first kappa shape index (κ1) is 16.9. The highest BCUT2D eigenvalue weighted by Crippen LogP contribution is 2.34. The van der Waals surface area contributed by atoms with Crippen molar-refractivity contribution in [3.63, 3.8) is 0 Å². The molecule has 1 aromatic carbocycles. The largest absolute Gasteiger partial charge is 0.495 e. The van der Waals surface area contributed by atoms with Crippen LogP contribution in [0.25, 0.3) is 0 Å². The van der Waals surface area contributed by atoms with Crippen molar-refractivity contribution in [3.05, 3.63) is 35.5 Å². The van der Waals surface area contributed by atoms with Crippen LogP contribution in [0.2, 0.25) is 0 Å². The predicted molar refractivity (Wildman–Crippen MR) is 94.3 cm³/mol. The minimum absolute atomic E-state index is 0.193. The molecule has 0 saturated carbocycles. The third-order valence-electron chi connectivity index (χ3n) is 4.12. The number of rotatable bonds is 5. The van der Waals surface area contributed by atoms with E-state index in [1.165, 1.54) is 0 Å². The van der Waals surface area contributed by atoms with E-state index >= 15 is 0 Å². The molecule has 1 aliphatic heterocycles. The van der Waals surface area contributed by atoms with Gasteiger partial charge in [0.15, 0.2) is 0 Å². The third-order valence-corrected chi connectivity index (χ3v) is 4.12. The Morgan fingerprint density at radius 2 is 2.16 bits per heavy atom. The Hall–Kier alpha value is -2.90. The summed E-state index contributed by atoms with van der Waals surface area (Å²) in [5, 5.41) is 17.8. The highest BCUT2D eigenvalue weighted by atomic mass is 16.5. The number of tetrazole rings is 1. The van der Waals surface area contributed by atoms with Gasteiger partial charge in [0.05, 0.1) is 24.4 Å². The number of hydrogen-bond acceptors (Lipinski definition) is 6. The van der Waals surface area contributed by atoms with Gasteiger partial charge in [0.1, 0.15) is 5.75 Å². The summed E-state index contributed by atoms with van der Waals surface area (Å²) in [6.07, 6.45) is 0.756. The van der Waals surface area contributed by atoms with Gasteiger partial charge in [-0.2, -0.15) is 0 Å². The first-order valence-corrected chi connectivity index (χ1v) is 8.21. The van der Waals surface area contributed by atoms with Crippen LogP contribution in [0.4, 0.5) is 11.6 Å². The zero-order valence-corrected chi connectivity index (χ0v) is 14.8.